The fourth-order valence-electron chi connectivity index (χ4n) is 1.78. The molecule has 72 valence electrons. The zero-order valence-electron chi connectivity index (χ0n) is 8.20. The van der Waals surface area contributed by atoms with Gasteiger partial charge in [0.1, 0.15) is 11.6 Å². The van der Waals surface area contributed by atoms with Gasteiger partial charge in [0, 0.05) is 13.0 Å². The van der Waals surface area contributed by atoms with E-state index in [1.165, 1.54) is 0 Å². The largest absolute Gasteiger partial charge is 0.321 e. The molecule has 4 heteroatoms. The molecule has 1 aliphatic rings. The molecule has 2 rings (SSSR count). The van der Waals surface area contributed by atoms with Crippen molar-refractivity contribution in [3.8, 4) is 0 Å². The highest BCUT2D eigenvalue weighted by molar-refractivity contribution is 5.05. The SMILES string of the molecule is CC(C)Cc1nnc2n1CCC2N. The first-order valence-corrected chi connectivity index (χ1v) is 4.86. The molecule has 2 heterocycles. The standard InChI is InChI=1S/C9H16N4/c1-6(2)5-8-11-12-9-7(10)3-4-13(8)9/h6-7H,3-5,10H2,1-2H3. The maximum atomic E-state index is 5.87. The lowest BCUT2D eigenvalue weighted by Crippen LogP contribution is -2.07. The van der Waals surface area contributed by atoms with E-state index in [2.05, 4.69) is 28.6 Å². The van der Waals surface area contributed by atoms with E-state index in [1.54, 1.807) is 0 Å². The van der Waals surface area contributed by atoms with Crippen LogP contribution in [0.4, 0.5) is 0 Å². The summed E-state index contributed by atoms with van der Waals surface area (Å²) < 4.78 is 2.17. The Morgan fingerprint density at radius 3 is 3.00 bits per heavy atom. The van der Waals surface area contributed by atoms with E-state index in [1.807, 2.05) is 0 Å². The number of fused-ring (bicyclic) bond motifs is 1. The van der Waals surface area contributed by atoms with Gasteiger partial charge < -0.3 is 10.3 Å². The van der Waals surface area contributed by atoms with Gasteiger partial charge >= 0.3 is 0 Å². The summed E-state index contributed by atoms with van der Waals surface area (Å²) in [6.07, 6.45) is 2.01. The Balaban J connectivity index is 2.25. The maximum Gasteiger partial charge on any atom is 0.150 e. The van der Waals surface area contributed by atoms with Crippen molar-refractivity contribution in [1.82, 2.24) is 14.8 Å². The van der Waals surface area contributed by atoms with E-state index < -0.39 is 0 Å². The van der Waals surface area contributed by atoms with Gasteiger partial charge in [-0.25, -0.2) is 0 Å². The molecule has 0 radical (unpaired) electrons. The normalized spacial score (nSPS) is 21.1. The summed E-state index contributed by atoms with van der Waals surface area (Å²) in [6, 6.07) is 0.105. The summed E-state index contributed by atoms with van der Waals surface area (Å²) in [4.78, 5) is 0. The Hall–Kier alpha value is -0.900. The summed E-state index contributed by atoms with van der Waals surface area (Å²) in [6.45, 7) is 5.37. The van der Waals surface area contributed by atoms with Gasteiger partial charge in [0.05, 0.1) is 6.04 Å². The van der Waals surface area contributed by atoms with Crippen molar-refractivity contribution in [3.63, 3.8) is 0 Å². The van der Waals surface area contributed by atoms with Gasteiger partial charge in [-0.1, -0.05) is 13.8 Å². The van der Waals surface area contributed by atoms with Crippen molar-refractivity contribution in [2.75, 3.05) is 0 Å². The average Bonchev–Trinajstić information content (AvgIpc) is 2.56. The van der Waals surface area contributed by atoms with Gasteiger partial charge in [-0.15, -0.1) is 10.2 Å². The highest BCUT2D eigenvalue weighted by Crippen LogP contribution is 2.23. The second kappa shape index (κ2) is 3.10. The molecule has 1 aromatic rings. The van der Waals surface area contributed by atoms with Crippen molar-refractivity contribution in [1.29, 1.82) is 0 Å². The Morgan fingerprint density at radius 1 is 1.54 bits per heavy atom. The second-order valence-corrected chi connectivity index (χ2v) is 4.12. The molecule has 0 spiro atoms. The van der Waals surface area contributed by atoms with Crippen LogP contribution in [-0.2, 0) is 13.0 Å². The lowest BCUT2D eigenvalue weighted by molar-refractivity contribution is 0.577. The summed E-state index contributed by atoms with van der Waals surface area (Å²) in [5.41, 5.74) is 5.87. The van der Waals surface area contributed by atoms with E-state index in [4.69, 9.17) is 5.73 Å². The van der Waals surface area contributed by atoms with E-state index >= 15 is 0 Å². The van der Waals surface area contributed by atoms with Gasteiger partial charge in [0.25, 0.3) is 0 Å². The zero-order chi connectivity index (χ0) is 9.42. The molecular weight excluding hydrogens is 164 g/mol. The van der Waals surface area contributed by atoms with Gasteiger partial charge in [0.2, 0.25) is 0 Å². The third-order valence-electron chi connectivity index (χ3n) is 2.44. The monoisotopic (exact) mass is 180 g/mol. The number of hydrogen-bond donors (Lipinski definition) is 1. The second-order valence-electron chi connectivity index (χ2n) is 4.12. The minimum Gasteiger partial charge on any atom is -0.321 e. The third-order valence-corrected chi connectivity index (χ3v) is 2.44. The van der Waals surface area contributed by atoms with Gasteiger partial charge in [-0.2, -0.15) is 0 Å². The maximum absolute atomic E-state index is 5.87. The molecule has 1 aliphatic heterocycles. The average molecular weight is 180 g/mol. The van der Waals surface area contributed by atoms with Crippen LogP contribution in [0.25, 0.3) is 0 Å². The molecule has 0 fully saturated rings. The molecule has 1 unspecified atom stereocenters. The van der Waals surface area contributed by atoms with Crippen LogP contribution in [0.3, 0.4) is 0 Å². The Kier molecular flexibility index (Phi) is 2.07. The summed E-state index contributed by atoms with van der Waals surface area (Å²) in [5.74, 6) is 2.69. The highest BCUT2D eigenvalue weighted by Gasteiger charge is 2.24. The van der Waals surface area contributed by atoms with Crippen LogP contribution in [0.15, 0.2) is 0 Å². The molecule has 13 heavy (non-hydrogen) atoms. The molecule has 0 bridgehead atoms. The fraction of sp³-hybridized carbons (Fsp3) is 0.778. The first-order valence-electron chi connectivity index (χ1n) is 4.86. The molecule has 1 atom stereocenters. The molecular formula is C9H16N4. The van der Waals surface area contributed by atoms with Gasteiger partial charge in [-0.05, 0) is 12.3 Å². The first-order chi connectivity index (χ1) is 6.18. The fourth-order valence-corrected chi connectivity index (χ4v) is 1.78. The molecule has 0 saturated carbocycles. The van der Waals surface area contributed by atoms with Crippen LogP contribution in [0.2, 0.25) is 0 Å². The van der Waals surface area contributed by atoms with E-state index in [-0.39, 0.29) is 6.04 Å². The zero-order valence-corrected chi connectivity index (χ0v) is 8.20. The molecule has 4 nitrogen and oxygen atoms in total. The van der Waals surface area contributed by atoms with E-state index in [9.17, 15) is 0 Å². The number of nitrogens with two attached hydrogens (primary N) is 1. The van der Waals surface area contributed by atoms with E-state index in [0.717, 1.165) is 31.0 Å². The topological polar surface area (TPSA) is 56.7 Å². The smallest absolute Gasteiger partial charge is 0.150 e. The predicted molar refractivity (Wildman–Crippen MR) is 50.1 cm³/mol. The summed E-state index contributed by atoms with van der Waals surface area (Å²) in [7, 11) is 0. The van der Waals surface area contributed by atoms with Crippen molar-refractivity contribution in [2.24, 2.45) is 11.7 Å². The van der Waals surface area contributed by atoms with Crippen LogP contribution in [0.5, 0.6) is 0 Å². The van der Waals surface area contributed by atoms with Crippen LogP contribution < -0.4 is 5.73 Å². The predicted octanol–water partition coefficient (Wildman–Crippen LogP) is 0.880. The molecule has 0 aromatic carbocycles. The lowest BCUT2D eigenvalue weighted by atomic mass is 10.1. The quantitative estimate of drug-likeness (QED) is 0.735. The Bertz CT molecular complexity index is 303. The van der Waals surface area contributed by atoms with Gasteiger partial charge in [0.15, 0.2) is 0 Å². The minimum absolute atomic E-state index is 0.105. The van der Waals surface area contributed by atoms with Crippen LogP contribution >= 0.6 is 0 Å². The van der Waals surface area contributed by atoms with Crippen LogP contribution in [0.1, 0.15) is 38.0 Å². The Labute approximate surface area is 78.1 Å². The number of hydrogen-bond acceptors (Lipinski definition) is 3. The van der Waals surface area contributed by atoms with Crippen molar-refractivity contribution < 1.29 is 0 Å². The summed E-state index contributed by atoms with van der Waals surface area (Å²) >= 11 is 0. The van der Waals surface area contributed by atoms with Gasteiger partial charge in [-0.3, -0.25) is 0 Å². The third kappa shape index (κ3) is 1.46. The van der Waals surface area contributed by atoms with Crippen molar-refractivity contribution in [2.45, 2.75) is 39.3 Å². The highest BCUT2D eigenvalue weighted by atomic mass is 15.3. The van der Waals surface area contributed by atoms with E-state index in [0.29, 0.717) is 5.92 Å². The minimum atomic E-state index is 0.105. The number of aromatic nitrogens is 3. The van der Waals surface area contributed by atoms with Crippen LogP contribution in [-0.4, -0.2) is 14.8 Å². The number of rotatable bonds is 2. The summed E-state index contributed by atoms with van der Waals surface area (Å²) in [5, 5.41) is 8.28. The molecule has 1 aromatic heterocycles. The van der Waals surface area contributed by atoms with Crippen LogP contribution in [0, 0.1) is 5.92 Å². The van der Waals surface area contributed by atoms with Crippen molar-refractivity contribution in [3.05, 3.63) is 11.6 Å². The first kappa shape index (κ1) is 8.69. The lowest BCUT2D eigenvalue weighted by Gasteiger charge is -2.04. The molecule has 0 aliphatic carbocycles. The Morgan fingerprint density at radius 2 is 2.31 bits per heavy atom. The van der Waals surface area contributed by atoms with Crippen molar-refractivity contribution >= 4 is 0 Å². The molecule has 0 amide bonds. The molecule has 0 saturated heterocycles. The number of nitrogens with zero attached hydrogens (tertiary/aromatic N) is 3. The molecule has 2 N–H and O–H groups in total.